The fourth-order valence-electron chi connectivity index (χ4n) is 4.06. The normalized spacial score (nSPS) is 10.7. The number of hydrogen-bond donors (Lipinski definition) is 0. The second-order valence-corrected chi connectivity index (χ2v) is 8.30. The number of aryl methyl sites for hydroxylation is 2. The van der Waals surface area contributed by atoms with Gasteiger partial charge < -0.3 is 20.4 Å². The number of hydrogen-bond acceptors (Lipinski definition) is 0. The van der Waals surface area contributed by atoms with Crippen LogP contribution >= 0.6 is 0 Å². The van der Waals surface area contributed by atoms with Gasteiger partial charge in [0.1, 0.15) is 0 Å². The van der Waals surface area contributed by atoms with E-state index in [0.717, 1.165) is 32.1 Å². The minimum absolute atomic E-state index is 0. The molecular formula is C32H44N2Ni. The molecule has 35 heavy (non-hydrogen) atoms. The third kappa shape index (κ3) is 11.7. The zero-order chi connectivity index (χ0) is 23.0. The second-order valence-electron chi connectivity index (χ2n) is 8.30. The summed E-state index contributed by atoms with van der Waals surface area (Å²) in [4.78, 5) is 3.16. The first-order valence-corrected chi connectivity index (χ1v) is 12.2. The minimum Gasteiger partial charge on any atom is -0.358 e. The summed E-state index contributed by atoms with van der Waals surface area (Å²) < 4.78 is 0. The standard InChI is InChI=1S/C30H38N2.2CH3.Ni/c1-4-7-10-15-26-16-12-13-18-29(26)30(27(23-24-32-31)17-11-8-5-2)28-21-19-25(20-22-28)14-9-6-3;;;/h4,7,12-13,16,18-23H,5-6,8-11,14-15,17H2,1-3H3;2*1H3;/q;2*-1;+2. The van der Waals surface area contributed by atoms with Gasteiger partial charge in [-0.1, -0.05) is 93.8 Å². The molecule has 2 nitrogen and oxygen atoms in total. The van der Waals surface area contributed by atoms with Crippen LogP contribution in [-0.4, -0.2) is 10.7 Å². The maximum absolute atomic E-state index is 9.08. The molecule has 3 heteroatoms. The van der Waals surface area contributed by atoms with Crippen molar-refractivity contribution in [2.75, 3.05) is 0 Å². The second kappa shape index (κ2) is 20.9. The van der Waals surface area contributed by atoms with Crippen LogP contribution in [0.25, 0.3) is 11.1 Å². The van der Waals surface area contributed by atoms with E-state index in [0.29, 0.717) is 0 Å². The third-order valence-corrected chi connectivity index (χ3v) is 5.83. The van der Waals surface area contributed by atoms with Gasteiger partial charge in [-0.3, -0.25) is 0 Å². The summed E-state index contributed by atoms with van der Waals surface area (Å²) in [5, 5.41) is 0. The number of unbranched alkanes of at least 4 members (excludes halogenated alkanes) is 3. The molecule has 0 radical (unpaired) electrons. The van der Waals surface area contributed by atoms with Gasteiger partial charge in [0.2, 0.25) is 0 Å². The molecule has 192 valence electrons. The Morgan fingerprint density at radius 1 is 0.914 bits per heavy atom. The number of nitrogens with zero attached hydrogens (tertiary/aromatic N) is 2. The van der Waals surface area contributed by atoms with Crippen LogP contribution in [0.3, 0.4) is 0 Å². The van der Waals surface area contributed by atoms with Gasteiger partial charge in [0.25, 0.3) is 5.87 Å². The monoisotopic (exact) mass is 514 g/mol. The molecular weight excluding hydrogens is 471 g/mol. The Morgan fingerprint density at radius 2 is 1.60 bits per heavy atom. The molecule has 0 saturated heterocycles. The maximum Gasteiger partial charge on any atom is 2.00 e. The van der Waals surface area contributed by atoms with Gasteiger partial charge in [0, 0.05) is 0 Å². The van der Waals surface area contributed by atoms with E-state index in [1.54, 1.807) is 0 Å². The van der Waals surface area contributed by atoms with Crippen molar-refractivity contribution in [2.24, 2.45) is 0 Å². The van der Waals surface area contributed by atoms with Crippen LogP contribution < -0.4 is 0 Å². The molecule has 0 fully saturated rings. The summed E-state index contributed by atoms with van der Waals surface area (Å²) in [7, 11) is 0. The van der Waals surface area contributed by atoms with Crippen LogP contribution in [0.2, 0.25) is 0 Å². The summed E-state index contributed by atoms with van der Waals surface area (Å²) in [5.41, 5.74) is 16.7. The van der Waals surface area contributed by atoms with Gasteiger partial charge in [-0.2, -0.15) is 0 Å². The van der Waals surface area contributed by atoms with E-state index in [4.69, 9.17) is 5.53 Å². The molecule has 0 bridgehead atoms. The van der Waals surface area contributed by atoms with Gasteiger partial charge in [-0.15, -0.1) is 4.79 Å². The van der Waals surface area contributed by atoms with Crippen LogP contribution in [0.4, 0.5) is 0 Å². The zero-order valence-electron chi connectivity index (χ0n) is 22.4. The molecule has 2 aromatic rings. The van der Waals surface area contributed by atoms with Crippen LogP contribution in [-0.2, 0) is 29.3 Å². The van der Waals surface area contributed by atoms with Crippen molar-refractivity contribution < 1.29 is 21.3 Å². The van der Waals surface area contributed by atoms with Crippen molar-refractivity contribution in [3.63, 3.8) is 0 Å². The average molecular weight is 515 g/mol. The Bertz CT molecular complexity index is 973. The minimum atomic E-state index is 0. The fraction of sp³-hybridized carbons (Fsp3) is 0.375. The summed E-state index contributed by atoms with van der Waals surface area (Å²) >= 11 is 0. The van der Waals surface area contributed by atoms with Gasteiger partial charge >= 0.3 is 16.5 Å². The summed E-state index contributed by atoms with van der Waals surface area (Å²) in [6.45, 7) is 6.53. The van der Waals surface area contributed by atoms with Crippen molar-refractivity contribution in [1.82, 2.24) is 0 Å². The molecule has 0 aliphatic carbocycles. The predicted octanol–water partition coefficient (Wildman–Crippen LogP) is 9.27. The van der Waals surface area contributed by atoms with Crippen molar-refractivity contribution in [3.8, 4) is 0 Å². The number of benzene rings is 2. The third-order valence-electron chi connectivity index (χ3n) is 5.83. The summed E-state index contributed by atoms with van der Waals surface area (Å²) in [6.07, 6.45) is 16.2. The molecule has 2 aromatic carbocycles. The first-order valence-electron chi connectivity index (χ1n) is 12.2. The largest absolute Gasteiger partial charge is 2.00 e. The van der Waals surface area contributed by atoms with Gasteiger partial charge in [0.05, 0.1) is 6.08 Å². The Labute approximate surface area is 225 Å². The van der Waals surface area contributed by atoms with E-state index in [-0.39, 0.29) is 31.3 Å². The molecule has 0 saturated carbocycles. The Morgan fingerprint density at radius 3 is 2.23 bits per heavy atom. The molecule has 0 aliphatic rings. The van der Waals surface area contributed by atoms with E-state index >= 15 is 0 Å². The van der Waals surface area contributed by atoms with E-state index in [1.165, 1.54) is 59.1 Å². The van der Waals surface area contributed by atoms with Crippen molar-refractivity contribution in [1.29, 1.82) is 0 Å². The summed E-state index contributed by atoms with van der Waals surface area (Å²) in [5.74, 6) is 2.69. The molecule has 0 heterocycles. The van der Waals surface area contributed by atoms with Crippen LogP contribution in [0.1, 0.15) is 88.0 Å². The average Bonchev–Trinajstić information content (AvgIpc) is 2.83. The first-order chi connectivity index (χ1) is 15.7. The summed E-state index contributed by atoms with van der Waals surface area (Å²) in [6, 6.07) is 17.8. The van der Waals surface area contributed by atoms with Crippen molar-refractivity contribution in [2.45, 2.75) is 78.6 Å². The van der Waals surface area contributed by atoms with Gasteiger partial charge in [-0.25, -0.2) is 0 Å². The SMILES string of the molecule is CC=CCCc1ccccc1C(=C(C=C=[N+]=[N-])CCCCC)c1ccc(CCCC)cc1.[CH3-].[CH3-].[Ni+2]. The number of rotatable bonds is 13. The number of allylic oxidation sites excluding steroid dienone is 4. The van der Waals surface area contributed by atoms with Gasteiger partial charge in [-0.05, 0) is 78.8 Å². The Kier molecular flexibility index (Phi) is 20.7. The topological polar surface area (TPSA) is 36.4 Å². The smallest absolute Gasteiger partial charge is 0.358 e. The molecule has 2 rings (SSSR count). The van der Waals surface area contributed by atoms with E-state index < -0.39 is 0 Å². The molecule has 0 aromatic heterocycles. The Balaban J connectivity index is 0. The molecule has 0 unspecified atom stereocenters. The van der Waals surface area contributed by atoms with Crippen LogP contribution in [0, 0.1) is 14.9 Å². The molecule has 0 N–H and O–H groups in total. The Hall–Kier alpha value is -2.43. The first kappa shape index (κ1) is 34.7. The van der Waals surface area contributed by atoms with E-state index in [1.807, 2.05) is 6.08 Å². The molecule has 0 amide bonds. The quantitative estimate of drug-likeness (QED) is 0.0373. The maximum atomic E-state index is 9.08. The van der Waals surface area contributed by atoms with E-state index in [2.05, 4.69) is 92.1 Å². The molecule has 0 spiro atoms. The molecule has 0 aliphatic heterocycles. The van der Waals surface area contributed by atoms with Crippen molar-refractivity contribution >= 4 is 11.4 Å². The van der Waals surface area contributed by atoms with Crippen LogP contribution in [0.5, 0.6) is 0 Å². The van der Waals surface area contributed by atoms with Crippen molar-refractivity contribution in [3.05, 3.63) is 115 Å². The van der Waals surface area contributed by atoms with Crippen LogP contribution in [0.15, 0.2) is 72.3 Å². The van der Waals surface area contributed by atoms with E-state index in [9.17, 15) is 0 Å². The predicted molar refractivity (Wildman–Crippen MR) is 151 cm³/mol. The zero-order valence-corrected chi connectivity index (χ0v) is 23.4. The van der Waals surface area contributed by atoms with Gasteiger partial charge in [0.15, 0.2) is 0 Å². The fourth-order valence-corrected chi connectivity index (χ4v) is 4.06. The molecule has 0 atom stereocenters.